The van der Waals surface area contributed by atoms with Gasteiger partial charge < -0.3 is 10.5 Å². The number of methoxy groups -OCH3 is 1. The van der Waals surface area contributed by atoms with Gasteiger partial charge in [-0.15, -0.1) is 12.4 Å². The minimum atomic E-state index is -3.30. The van der Waals surface area contributed by atoms with Crippen LogP contribution in [0.25, 0.3) is 0 Å². The summed E-state index contributed by atoms with van der Waals surface area (Å²) in [6, 6.07) is 0. The summed E-state index contributed by atoms with van der Waals surface area (Å²) in [5.41, 5.74) is 5.35. The highest BCUT2D eigenvalue weighted by molar-refractivity contribution is 7.89. The molecule has 2 atom stereocenters. The van der Waals surface area contributed by atoms with Gasteiger partial charge in [0, 0.05) is 19.2 Å². The maximum absolute atomic E-state index is 11.9. The van der Waals surface area contributed by atoms with Crippen molar-refractivity contribution in [2.75, 3.05) is 26.0 Å². The Balaban J connectivity index is 0.00000289. The average molecular weight is 301 g/mol. The van der Waals surface area contributed by atoms with E-state index in [0.29, 0.717) is 12.5 Å². The van der Waals surface area contributed by atoms with Crippen molar-refractivity contribution in [3.8, 4) is 0 Å². The number of sulfonamides is 1. The van der Waals surface area contributed by atoms with E-state index in [-0.39, 0.29) is 24.8 Å². The molecule has 0 spiro atoms. The molecule has 0 aromatic rings. The molecule has 0 aromatic heterocycles. The van der Waals surface area contributed by atoms with Crippen LogP contribution in [-0.4, -0.2) is 40.0 Å². The highest BCUT2D eigenvalue weighted by Gasteiger charge is 2.39. The zero-order valence-corrected chi connectivity index (χ0v) is 12.8. The van der Waals surface area contributed by atoms with E-state index in [1.165, 1.54) is 7.11 Å². The third-order valence-corrected chi connectivity index (χ3v) is 5.15. The molecule has 1 saturated carbocycles. The number of nitrogens with one attached hydrogen (secondary N) is 1. The third kappa shape index (κ3) is 4.66. The molecule has 110 valence electrons. The van der Waals surface area contributed by atoms with Crippen LogP contribution in [0, 0.1) is 5.92 Å². The predicted molar refractivity (Wildman–Crippen MR) is 75.5 cm³/mol. The zero-order chi connectivity index (χ0) is 12.9. The quantitative estimate of drug-likeness (QED) is 0.763. The molecule has 0 heterocycles. The van der Waals surface area contributed by atoms with Gasteiger partial charge in [0.25, 0.3) is 0 Å². The normalized spacial score (nSPS) is 28.7. The SMILES string of the molecule is COCCS(=O)(=O)NC1(CN)CCCCC1C.Cl. The Morgan fingerprint density at radius 3 is 2.61 bits per heavy atom. The van der Waals surface area contributed by atoms with Crippen molar-refractivity contribution >= 4 is 22.4 Å². The summed E-state index contributed by atoms with van der Waals surface area (Å²) >= 11 is 0. The first-order valence-corrected chi connectivity index (χ1v) is 7.81. The van der Waals surface area contributed by atoms with Crippen LogP contribution < -0.4 is 10.5 Å². The van der Waals surface area contributed by atoms with Crippen molar-refractivity contribution in [3.05, 3.63) is 0 Å². The molecule has 1 aliphatic rings. The lowest BCUT2D eigenvalue weighted by Crippen LogP contribution is -2.59. The molecule has 0 aliphatic heterocycles. The monoisotopic (exact) mass is 300 g/mol. The Morgan fingerprint density at radius 2 is 2.11 bits per heavy atom. The van der Waals surface area contributed by atoms with E-state index in [9.17, 15) is 8.42 Å². The van der Waals surface area contributed by atoms with Crippen molar-refractivity contribution in [2.24, 2.45) is 11.7 Å². The van der Waals surface area contributed by atoms with E-state index < -0.39 is 15.6 Å². The minimum Gasteiger partial charge on any atom is -0.384 e. The summed E-state index contributed by atoms with van der Waals surface area (Å²) in [4.78, 5) is 0. The van der Waals surface area contributed by atoms with Crippen LogP contribution in [0.1, 0.15) is 32.6 Å². The predicted octanol–water partition coefficient (Wildman–Crippen LogP) is 0.882. The third-order valence-electron chi connectivity index (χ3n) is 3.73. The molecule has 0 aromatic carbocycles. The number of hydrogen-bond donors (Lipinski definition) is 2. The second-order valence-corrected chi connectivity index (χ2v) is 6.76. The molecular formula is C11H25ClN2O3S. The first-order chi connectivity index (χ1) is 7.96. The second kappa shape index (κ2) is 7.65. The van der Waals surface area contributed by atoms with Gasteiger partial charge in [-0.2, -0.15) is 0 Å². The van der Waals surface area contributed by atoms with Gasteiger partial charge in [0.1, 0.15) is 0 Å². The lowest BCUT2D eigenvalue weighted by atomic mass is 9.74. The molecule has 0 radical (unpaired) electrons. The van der Waals surface area contributed by atoms with Crippen molar-refractivity contribution in [1.82, 2.24) is 4.72 Å². The van der Waals surface area contributed by atoms with Gasteiger partial charge in [-0.3, -0.25) is 0 Å². The first kappa shape index (κ1) is 18.1. The van der Waals surface area contributed by atoms with Crippen LogP contribution in [-0.2, 0) is 14.8 Å². The van der Waals surface area contributed by atoms with Gasteiger partial charge in [-0.25, -0.2) is 13.1 Å². The van der Waals surface area contributed by atoms with Crippen LogP contribution in [0.5, 0.6) is 0 Å². The highest BCUT2D eigenvalue weighted by atomic mass is 35.5. The topological polar surface area (TPSA) is 81.4 Å². The van der Waals surface area contributed by atoms with E-state index in [1.807, 2.05) is 0 Å². The van der Waals surface area contributed by atoms with Gasteiger partial charge in [0.2, 0.25) is 10.0 Å². The molecule has 1 aliphatic carbocycles. The molecule has 0 amide bonds. The Morgan fingerprint density at radius 1 is 1.44 bits per heavy atom. The number of nitrogens with two attached hydrogens (primary N) is 1. The van der Waals surface area contributed by atoms with Gasteiger partial charge >= 0.3 is 0 Å². The number of hydrogen-bond acceptors (Lipinski definition) is 4. The summed E-state index contributed by atoms with van der Waals surface area (Å²) in [5, 5.41) is 0. The number of ether oxygens (including phenoxy) is 1. The summed E-state index contributed by atoms with van der Waals surface area (Å²) < 4.78 is 31.5. The van der Waals surface area contributed by atoms with E-state index in [0.717, 1.165) is 25.7 Å². The van der Waals surface area contributed by atoms with Gasteiger partial charge in [0.05, 0.1) is 12.4 Å². The Hall–Kier alpha value is 0.120. The zero-order valence-electron chi connectivity index (χ0n) is 11.1. The molecule has 0 bridgehead atoms. The summed E-state index contributed by atoms with van der Waals surface area (Å²) in [7, 11) is -1.80. The van der Waals surface area contributed by atoms with Crippen LogP contribution in [0.15, 0.2) is 0 Å². The van der Waals surface area contributed by atoms with Crippen molar-refractivity contribution in [2.45, 2.75) is 38.1 Å². The molecule has 0 saturated heterocycles. The fourth-order valence-corrected chi connectivity index (χ4v) is 3.96. The van der Waals surface area contributed by atoms with Crippen molar-refractivity contribution in [1.29, 1.82) is 0 Å². The van der Waals surface area contributed by atoms with Gasteiger partial charge in [0.15, 0.2) is 0 Å². The molecule has 3 N–H and O–H groups in total. The molecule has 1 fully saturated rings. The van der Waals surface area contributed by atoms with Gasteiger partial charge in [-0.1, -0.05) is 19.8 Å². The molecule has 1 rings (SSSR count). The minimum absolute atomic E-state index is 0. The molecule has 2 unspecified atom stereocenters. The molecular weight excluding hydrogens is 276 g/mol. The van der Waals surface area contributed by atoms with E-state index in [4.69, 9.17) is 10.5 Å². The summed E-state index contributed by atoms with van der Waals surface area (Å²) in [6.07, 6.45) is 4.05. The van der Waals surface area contributed by atoms with Crippen molar-refractivity contribution in [3.63, 3.8) is 0 Å². The summed E-state index contributed by atoms with van der Waals surface area (Å²) in [5.74, 6) is 0.288. The maximum atomic E-state index is 11.9. The number of halogens is 1. The van der Waals surface area contributed by atoms with Crippen LogP contribution in [0.3, 0.4) is 0 Å². The Labute approximate surface area is 116 Å². The molecule has 5 nitrogen and oxygen atoms in total. The van der Waals surface area contributed by atoms with Crippen LogP contribution >= 0.6 is 12.4 Å². The molecule has 18 heavy (non-hydrogen) atoms. The smallest absolute Gasteiger partial charge is 0.214 e. The largest absolute Gasteiger partial charge is 0.384 e. The summed E-state index contributed by atoms with van der Waals surface area (Å²) in [6.45, 7) is 2.65. The van der Waals surface area contributed by atoms with Gasteiger partial charge in [-0.05, 0) is 18.8 Å². The van der Waals surface area contributed by atoms with E-state index in [1.54, 1.807) is 0 Å². The maximum Gasteiger partial charge on any atom is 0.214 e. The fourth-order valence-electron chi connectivity index (χ4n) is 2.46. The Bertz CT molecular complexity index is 337. The lowest BCUT2D eigenvalue weighted by Gasteiger charge is -2.42. The van der Waals surface area contributed by atoms with Crippen LogP contribution in [0.2, 0.25) is 0 Å². The van der Waals surface area contributed by atoms with E-state index in [2.05, 4.69) is 11.6 Å². The second-order valence-electron chi connectivity index (χ2n) is 4.92. The average Bonchev–Trinajstić information content (AvgIpc) is 2.29. The lowest BCUT2D eigenvalue weighted by molar-refractivity contribution is 0.188. The Kier molecular flexibility index (Phi) is 7.70. The molecule has 7 heteroatoms. The fraction of sp³-hybridized carbons (Fsp3) is 1.00. The standard InChI is InChI=1S/C11H24N2O3S.ClH/c1-10-5-3-4-6-11(10,9-12)13-17(14,15)8-7-16-2;/h10,13H,3-9,12H2,1-2H3;1H. The van der Waals surface area contributed by atoms with Crippen LogP contribution in [0.4, 0.5) is 0 Å². The highest BCUT2D eigenvalue weighted by Crippen LogP contribution is 2.33. The number of rotatable bonds is 6. The van der Waals surface area contributed by atoms with Crippen molar-refractivity contribution < 1.29 is 13.2 Å². The van der Waals surface area contributed by atoms with E-state index >= 15 is 0 Å². The first-order valence-electron chi connectivity index (χ1n) is 6.16.